The molecule has 240 valence electrons. The number of benzene rings is 2. The van der Waals surface area contributed by atoms with Gasteiger partial charge in [0.25, 0.3) is 0 Å². The average molecular weight is 672 g/mol. The molecule has 4 aliphatic carbocycles. The first-order valence-corrected chi connectivity index (χ1v) is 18.4. The normalized spacial score (nSPS) is 21.8. The standard InChI is InChI=1S/C46H29N3OS/c1-5-22-38-33(16-1)34-17-2-6-23-39(34)49(38)31-15-10-14-30(27-31)46-47-42(45-43(48-46)37-19-4-8-25-41(37)51-45)29-13-9-12-28(26-29)32-20-11-21-36-35-18-3-7-24-40(35)50-44(32)36/h1-3,5-10,13-17,21-26,28,30,35H,12,18,27H2. The Hall–Kier alpha value is -6.14. The van der Waals surface area contributed by atoms with Crippen molar-refractivity contribution >= 4 is 64.7 Å². The Morgan fingerprint density at radius 2 is 1.75 bits per heavy atom. The van der Waals surface area contributed by atoms with Crippen LogP contribution in [0.4, 0.5) is 0 Å². The third-order valence-electron chi connectivity index (χ3n) is 10.7. The van der Waals surface area contributed by atoms with Crippen molar-refractivity contribution in [2.24, 2.45) is 11.8 Å². The second kappa shape index (κ2) is 11.2. The predicted molar refractivity (Wildman–Crippen MR) is 207 cm³/mol. The number of hydrogen-bond donors (Lipinski definition) is 0. The zero-order valence-electron chi connectivity index (χ0n) is 27.6. The number of nitrogens with zero attached hydrogens (tertiary/aromatic N) is 3. The Balaban J connectivity index is 1.02. The molecular weight excluding hydrogens is 643 g/mol. The molecule has 0 spiro atoms. The lowest BCUT2D eigenvalue weighted by molar-refractivity contribution is 0.306. The van der Waals surface area contributed by atoms with E-state index >= 15 is 0 Å². The van der Waals surface area contributed by atoms with Gasteiger partial charge >= 0.3 is 0 Å². The monoisotopic (exact) mass is 671 g/mol. The summed E-state index contributed by atoms with van der Waals surface area (Å²) in [6, 6.07) is 28.0. The number of ether oxygens (including phenoxy) is 1. The molecular formula is C46H29N3OS. The van der Waals surface area contributed by atoms with Crippen LogP contribution in [0.25, 0.3) is 53.4 Å². The molecule has 3 unspecified atom stereocenters. The van der Waals surface area contributed by atoms with E-state index in [9.17, 15) is 0 Å². The molecule has 0 bridgehead atoms. The van der Waals surface area contributed by atoms with Gasteiger partial charge in [-0.1, -0.05) is 103 Å². The Morgan fingerprint density at radius 1 is 0.882 bits per heavy atom. The highest BCUT2D eigenvalue weighted by atomic mass is 32.1. The first kappa shape index (κ1) is 28.7. The van der Waals surface area contributed by atoms with E-state index in [4.69, 9.17) is 14.7 Å². The maximum atomic E-state index is 6.50. The van der Waals surface area contributed by atoms with Crippen LogP contribution in [0.5, 0.6) is 0 Å². The van der Waals surface area contributed by atoms with Crippen molar-refractivity contribution in [3.8, 4) is 0 Å². The topological polar surface area (TPSA) is 39.9 Å². The van der Waals surface area contributed by atoms with Gasteiger partial charge < -0.3 is 9.30 Å². The molecule has 0 N–H and O–H groups in total. The number of aromatic nitrogens is 3. The van der Waals surface area contributed by atoms with Gasteiger partial charge in [0.1, 0.15) is 22.9 Å². The van der Waals surface area contributed by atoms with Crippen LogP contribution < -0.4 is 0 Å². The predicted octanol–water partition coefficient (Wildman–Crippen LogP) is 11.1. The Kier molecular flexibility index (Phi) is 6.29. The van der Waals surface area contributed by atoms with Crippen LogP contribution in [-0.2, 0) is 4.74 Å². The summed E-state index contributed by atoms with van der Waals surface area (Å²) in [7, 11) is 0. The number of hydrogen-bond acceptors (Lipinski definition) is 4. The molecule has 0 fully saturated rings. The summed E-state index contributed by atoms with van der Waals surface area (Å²) in [6.07, 6.45) is 24.6. The van der Waals surface area contributed by atoms with Crippen LogP contribution in [0, 0.1) is 24.0 Å². The second-order valence-electron chi connectivity index (χ2n) is 13.6. The molecule has 6 aromatic rings. The van der Waals surface area contributed by atoms with Gasteiger partial charge in [-0.05, 0) is 60.9 Å². The van der Waals surface area contributed by atoms with Gasteiger partial charge in [0.2, 0.25) is 0 Å². The number of allylic oxidation sites excluding steroid dienone is 14. The average Bonchev–Trinajstić information content (AvgIpc) is 3.87. The highest BCUT2D eigenvalue weighted by Crippen LogP contribution is 2.47. The SMILES string of the molecule is C1=C=C(C2C=C(c3nc(C4C=CC=C(n5c6ccccc6c6ccccc65)C4)nc4c3sc3ccc#cc34)C=CC2)C2=C(C=1)C1CC=CC=C1O2. The smallest absolute Gasteiger partial charge is 0.143 e. The van der Waals surface area contributed by atoms with E-state index < -0.39 is 0 Å². The Labute approximate surface area is 299 Å². The molecule has 4 heterocycles. The van der Waals surface area contributed by atoms with E-state index in [1.165, 1.54) is 33.1 Å². The first-order chi connectivity index (χ1) is 25.3. The number of rotatable bonds is 4. The van der Waals surface area contributed by atoms with Crippen LogP contribution in [0.15, 0.2) is 156 Å². The minimum absolute atomic E-state index is 0.00126. The van der Waals surface area contributed by atoms with E-state index in [0.717, 1.165) is 73.7 Å². The van der Waals surface area contributed by atoms with Crippen LogP contribution in [0.2, 0.25) is 0 Å². The second-order valence-corrected chi connectivity index (χ2v) is 14.7. The number of fused-ring (bicyclic) bond motifs is 8. The zero-order valence-corrected chi connectivity index (χ0v) is 28.4. The van der Waals surface area contributed by atoms with Crippen molar-refractivity contribution in [3.63, 3.8) is 0 Å². The number of para-hydroxylation sites is 2. The molecule has 5 heteroatoms. The molecule has 0 radical (unpaired) electrons. The summed E-state index contributed by atoms with van der Waals surface area (Å²) in [5, 5.41) is 3.52. The van der Waals surface area contributed by atoms with E-state index in [-0.39, 0.29) is 17.8 Å². The van der Waals surface area contributed by atoms with Crippen LogP contribution in [0.1, 0.15) is 36.7 Å². The first-order valence-electron chi connectivity index (χ1n) is 17.6. The Bertz CT molecular complexity index is 2800. The van der Waals surface area contributed by atoms with Crippen LogP contribution >= 0.6 is 11.3 Å². The molecule has 0 saturated heterocycles. The third-order valence-corrected chi connectivity index (χ3v) is 11.9. The molecule has 0 amide bonds. The number of thiophene rings is 1. The molecule has 3 aromatic carbocycles. The Morgan fingerprint density at radius 3 is 2.63 bits per heavy atom. The summed E-state index contributed by atoms with van der Waals surface area (Å²) in [4.78, 5) is 10.8. The van der Waals surface area contributed by atoms with Gasteiger partial charge in [-0.3, -0.25) is 0 Å². The summed E-state index contributed by atoms with van der Waals surface area (Å²) in [5.74, 6) is 3.14. The molecule has 3 atom stereocenters. The maximum absolute atomic E-state index is 6.50. The van der Waals surface area contributed by atoms with Crippen molar-refractivity contribution < 1.29 is 4.74 Å². The fourth-order valence-electron chi connectivity index (χ4n) is 8.34. The molecule has 3 aromatic heterocycles. The maximum Gasteiger partial charge on any atom is 0.143 e. The molecule has 5 aliphatic rings. The summed E-state index contributed by atoms with van der Waals surface area (Å²) in [6.45, 7) is 0. The van der Waals surface area contributed by atoms with Crippen LogP contribution in [-0.4, -0.2) is 14.5 Å². The lowest BCUT2D eigenvalue weighted by Gasteiger charge is -2.22. The van der Waals surface area contributed by atoms with Gasteiger partial charge in [0.05, 0.1) is 32.4 Å². The molecule has 4 nitrogen and oxygen atoms in total. The summed E-state index contributed by atoms with van der Waals surface area (Å²) in [5.41, 5.74) is 15.7. The van der Waals surface area contributed by atoms with Crippen molar-refractivity contribution in [2.45, 2.75) is 25.2 Å². The van der Waals surface area contributed by atoms with E-state index in [0.29, 0.717) is 0 Å². The summed E-state index contributed by atoms with van der Waals surface area (Å²) < 4.78 is 11.1. The quantitative estimate of drug-likeness (QED) is 0.175. The minimum atomic E-state index is -0.00126. The minimum Gasteiger partial charge on any atom is -0.460 e. The van der Waals surface area contributed by atoms with E-state index in [1.807, 2.05) is 6.07 Å². The van der Waals surface area contributed by atoms with Gasteiger partial charge in [-0.2, -0.15) is 0 Å². The van der Waals surface area contributed by atoms with Crippen molar-refractivity contribution in [3.05, 3.63) is 179 Å². The van der Waals surface area contributed by atoms with Gasteiger partial charge in [0, 0.05) is 50.9 Å². The van der Waals surface area contributed by atoms with E-state index in [1.54, 1.807) is 11.3 Å². The molecule has 11 rings (SSSR count). The molecule has 51 heavy (non-hydrogen) atoms. The lowest BCUT2D eigenvalue weighted by Crippen LogP contribution is -2.11. The fraction of sp³-hybridized carbons (Fsp3) is 0.130. The van der Waals surface area contributed by atoms with Crippen molar-refractivity contribution in [1.82, 2.24) is 14.5 Å². The van der Waals surface area contributed by atoms with Gasteiger partial charge in [-0.25, -0.2) is 9.97 Å². The summed E-state index contributed by atoms with van der Waals surface area (Å²) >= 11 is 1.73. The molecule has 1 aliphatic heterocycles. The lowest BCUT2D eigenvalue weighted by atomic mass is 9.83. The zero-order chi connectivity index (χ0) is 33.5. The fourth-order valence-corrected chi connectivity index (χ4v) is 9.45. The van der Waals surface area contributed by atoms with Gasteiger partial charge in [-0.15, -0.1) is 11.3 Å². The van der Waals surface area contributed by atoms with Crippen molar-refractivity contribution in [1.29, 1.82) is 0 Å². The highest BCUT2D eigenvalue weighted by Gasteiger charge is 2.36. The highest BCUT2D eigenvalue weighted by molar-refractivity contribution is 7.26. The van der Waals surface area contributed by atoms with Crippen LogP contribution in [0.3, 0.4) is 0 Å². The third kappa shape index (κ3) is 4.42. The molecule has 0 saturated carbocycles. The van der Waals surface area contributed by atoms with Gasteiger partial charge in [0.15, 0.2) is 0 Å². The van der Waals surface area contributed by atoms with Crippen molar-refractivity contribution in [2.75, 3.05) is 0 Å². The largest absolute Gasteiger partial charge is 0.460 e. The van der Waals surface area contributed by atoms with E-state index in [2.05, 4.69) is 144 Å².